The maximum absolute atomic E-state index is 2.51. The van der Waals surface area contributed by atoms with E-state index in [1.165, 1.54) is 57.8 Å². The van der Waals surface area contributed by atoms with Gasteiger partial charge in [-0.1, -0.05) is 48.3 Å². The highest BCUT2D eigenvalue weighted by Gasteiger charge is 2.06. The Bertz CT molecular complexity index is 278. The van der Waals surface area contributed by atoms with Gasteiger partial charge in [0, 0.05) is 0 Å². The van der Waals surface area contributed by atoms with E-state index in [1.54, 1.807) is 11.1 Å². The van der Waals surface area contributed by atoms with Crippen LogP contribution in [0, 0.1) is 0 Å². The highest BCUT2D eigenvalue weighted by Crippen LogP contribution is 2.25. The van der Waals surface area contributed by atoms with E-state index in [1.807, 2.05) is 0 Å². The monoisotopic (exact) mass is 202 g/mol. The fourth-order valence-corrected chi connectivity index (χ4v) is 2.51. The molecule has 0 amide bonds. The Morgan fingerprint density at radius 3 is 2.67 bits per heavy atom. The van der Waals surface area contributed by atoms with E-state index >= 15 is 0 Å². The summed E-state index contributed by atoms with van der Waals surface area (Å²) in [5, 5.41) is 0. The van der Waals surface area contributed by atoms with Gasteiger partial charge in [-0.25, -0.2) is 0 Å². The first-order valence-electron chi connectivity index (χ1n) is 6.47. The molecule has 0 aromatic rings. The lowest BCUT2D eigenvalue weighted by molar-refractivity contribution is 0.618. The van der Waals surface area contributed by atoms with E-state index < -0.39 is 0 Å². The van der Waals surface area contributed by atoms with Gasteiger partial charge in [0.05, 0.1) is 0 Å². The molecule has 0 saturated carbocycles. The zero-order chi connectivity index (χ0) is 10.3. The molecule has 0 nitrogen and oxygen atoms in total. The van der Waals surface area contributed by atoms with Gasteiger partial charge in [-0.05, 0) is 44.9 Å². The van der Waals surface area contributed by atoms with Crippen molar-refractivity contribution in [3.8, 4) is 0 Å². The number of allylic oxidation sites excluding steroid dienone is 6. The van der Waals surface area contributed by atoms with Crippen molar-refractivity contribution in [2.45, 2.75) is 57.8 Å². The molecule has 0 aromatic heterocycles. The largest absolute Gasteiger partial charge is 0.0850 e. The molecule has 0 heterocycles. The normalized spacial score (nSPS) is 22.7. The van der Waals surface area contributed by atoms with Crippen LogP contribution in [0.15, 0.2) is 35.5 Å². The Hall–Kier alpha value is -0.780. The molecule has 0 fully saturated rings. The molecule has 0 radical (unpaired) electrons. The first kappa shape index (κ1) is 10.7. The van der Waals surface area contributed by atoms with Gasteiger partial charge >= 0.3 is 0 Å². The molecule has 0 saturated heterocycles. The van der Waals surface area contributed by atoms with Crippen LogP contribution in [0.3, 0.4) is 0 Å². The topological polar surface area (TPSA) is 0 Å². The van der Waals surface area contributed by atoms with E-state index in [2.05, 4.69) is 24.3 Å². The van der Waals surface area contributed by atoms with Gasteiger partial charge in [0.15, 0.2) is 0 Å². The Morgan fingerprint density at radius 1 is 0.867 bits per heavy atom. The van der Waals surface area contributed by atoms with Crippen molar-refractivity contribution in [3.63, 3.8) is 0 Å². The van der Waals surface area contributed by atoms with E-state index in [0.717, 1.165) is 0 Å². The summed E-state index contributed by atoms with van der Waals surface area (Å²) in [7, 11) is 0. The van der Waals surface area contributed by atoms with Gasteiger partial charge in [0.2, 0.25) is 0 Å². The summed E-state index contributed by atoms with van der Waals surface area (Å²) in [5.74, 6) is 0. The highest BCUT2D eigenvalue weighted by molar-refractivity contribution is 5.23. The third kappa shape index (κ3) is 3.70. The van der Waals surface area contributed by atoms with Crippen molar-refractivity contribution in [1.29, 1.82) is 0 Å². The van der Waals surface area contributed by atoms with Crippen LogP contribution in [0.25, 0.3) is 0 Å². The zero-order valence-electron chi connectivity index (χ0n) is 9.67. The number of rotatable bonds is 2. The van der Waals surface area contributed by atoms with Crippen molar-refractivity contribution in [1.82, 2.24) is 0 Å². The molecule has 2 rings (SSSR count). The molecule has 15 heavy (non-hydrogen) atoms. The van der Waals surface area contributed by atoms with Crippen molar-refractivity contribution in [2.75, 3.05) is 0 Å². The third-order valence-corrected chi connectivity index (χ3v) is 3.44. The lowest BCUT2D eigenvalue weighted by atomic mass is 9.92. The molecule has 2 aliphatic rings. The lowest BCUT2D eigenvalue weighted by Crippen LogP contribution is -1.94. The third-order valence-electron chi connectivity index (χ3n) is 3.44. The smallest absolute Gasteiger partial charge is 0.0105 e. The Balaban J connectivity index is 1.91. The van der Waals surface area contributed by atoms with Crippen LogP contribution < -0.4 is 0 Å². The summed E-state index contributed by atoms with van der Waals surface area (Å²) in [6.45, 7) is 0. The quantitative estimate of drug-likeness (QED) is 0.557. The Morgan fingerprint density at radius 2 is 1.80 bits per heavy atom. The van der Waals surface area contributed by atoms with Gasteiger partial charge in [-0.15, -0.1) is 0 Å². The van der Waals surface area contributed by atoms with Gasteiger partial charge in [-0.2, -0.15) is 0 Å². The zero-order valence-corrected chi connectivity index (χ0v) is 9.67. The lowest BCUT2D eigenvalue weighted by Gasteiger charge is -2.14. The van der Waals surface area contributed by atoms with Crippen LogP contribution in [0.1, 0.15) is 57.8 Å². The fourth-order valence-electron chi connectivity index (χ4n) is 2.51. The molecule has 0 bridgehead atoms. The molecular formula is C15H22. The van der Waals surface area contributed by atoms with Crippen LogP contribution in [0.2, 0.25) is 0 Å². The first-order chi connectivity index (χ1) is 7.45. The van der Waals surface area contributed by atoms with Crippen molar-refractivity contribution in [3.05, 3.63) is 35.5 Å². The van der Waals surface area contributed by atoms with Gasteiger partial charge < -0.3 is 0 Å². The molecule has 0 spiro atoms. The minimum atomic E-state index is 1.25. The molecule has 2 aliphatic carbocycles. The van der Waals surface area contributed by atoms with Gasteiger partial charge in [0.25, 0.3) is 0 Å². The van der Waals surface area contributed by atoms with Gasteiger partial charge in [0.1, 0.15) is 0 Å². The van der Waals surface area contributed by atoms with Crippen molar-refractivity contribution < 1.29 is 0 Å². The molecule has 0 aromatic carbocycles. The van der Waals surface area contributed by atoms with E-state index in [4.69, 9.17) is 0 Å². The number of hydrogen-bond acceptors (Lipinski definition) is 0. The van der Waals surface area contributed by atoms with Crippen LogP contribution in [0.4, 0.5) is 0 Å². The highest BCUT2D eigenvalue weighted by atomic mass is 14.1. The molecule has 0 unspecified atom stereocenters. The molecule has 0 heteroatoms. The molecule has 0 atom stereocenters. The van der Waals surface area contributed by atoms with E-state index in [0.29, 0.717) is 0 Å². The summed E-state index contributed by atoms with van der Waals surface area (Å²) in [4.78, 5) is 0. The second-order valence-corrected chi connectivity index (χ2v) is 4.78. The van der Waals surface area contributed by atoms with Crippen LogP contribution in [0.5, 0.6) is 0 Å². The van der Waals surface area contributed by atoms with Crippen molar-refractivity contribution in [2.24, 2.45) is 0 Å². The summed E-state index contributed by atoms with van der Waals surface area (Å²) in [5.41, 5.74) is 3.35. The van der Waals surface area contributed by atoms with Crippen LogP contribution >= 0.6 is 0 Å². The minimum absolute atomic E-state index is 1.25. The maximum atomic E-state index is 2.51. The predicted molar refractivity (Wildman–Crippen MR) is 66.9 cm³/mol. The minimum Gasteiger partial charge on any atom is -0.0850 e. The average molecular weight is 202 g/mol. The van der Waals surface area contributed by atoms with E-state index in [9.17, 15) is 0 Å². The molecular weight excluding hydrogens is 180 g/mol. The summed E-state index contributed by atoms with van der Waals surface area (Å²) >= 11 is 0. The SMILES string of the molecule is C1=CCCC(CC2=CCCCCCC2)=C1. The average Bonchev–Trinajstić information content (AvgIpc) is 2.23. The molecule has 82 valence electrons. The fraction of sp³-hybridized carbons (Fsp3) is 0.600. The van der Waals surface area contributed by atoms with Crippen LogP contribution in [-0.2, 0) is 0 Å². The maximum Gasteiger partial charge on any atom is -0.0105 e. The molecule has 0 N–H and O–H groups in total. The van der Waals surface area contributed by atoms with Crippen molar-refractivity contribution >= 4 is 0 Å². The predicted octanol–water partition coefficient (Wildman–Crippen LogP) is 4.93. The van der Waals surface area contributed by atoms with E-state index in [-0.39, 0.29) is 0 Å². The summed E-state index contributed by atoms with van der Waals surface area (Å²) in [6, 6.07) is 0. The number of hydrogen-bond donors (Lipinski definition) is 0. The second kappa shape index (κ2) is 5.95. The van der Waals surface area contributed by atoms with Gasteiger partial charge in [-0.3, -0.25) is 0 Å². The first-order valence-corrected chi connectivity index (χ1v) is 6.47. The van der Waals surface area contributed by atoms with Crippen LogP contribution in [-0.4, -0.2) is 0 Å². The summed E-state index contributed by atoms with van der Waals surface area (Å²) in [6.07, 6.45) is 21.5. The second-order valence-electron chi connectivity index (χ2n) is 4.78. The standard InChI is InChI=1S/C15H22/c1-2-5-9-14(10-6-3-1)13-15-11-7-4-8-12-15/h4,7,9,11H,1-3,5-6,8,10,12-13H2. The molecule has 0 aliphatic heterocycles. The Labute approximate surface area is 93.8 Å². The Kier molecular flexibility index (Phi) is 4.25. The summed E-state index contributed by atoms with van der Waals surface area (Å²) < 4.78 is 0.